The monoisotopic (exact) mass is 280 g/mol. The van der Waals surface area contributed by atoms with Gasteiger partial charge in [0.1, 0.15) is 10.8 Å². The van der Waals surface area contributed by atoms with Crippen molar-refractivity contribution in [1.29, 1.82) is 0 Å². The van der Waals surface area contributed by atoms with E-state index in [-0.39, 0.29) is 10.6 Å². The maximum Gasteiger partial charge on any atom is 0.135 e. The molecule has 2 nitrogen and oxygen atoms in total. The van der Waals surface area contributed by atoms with Gasteiger partial charge in [-0.1, -0.05) is 36.0 Å². The summed E-state index contributed by atoms with van der Waals surface area (Å²) in [6.45, 7) is 0. The van der Waals surface area contributed by atoms with Gasteiger partial charge in [-0.15, -0.1) is 0 Å². The van der Waals surface area contributed by atoms with Crippen molar-refractivity contribution in [3.8, 4) is 0 Å². The van der Waals surface area contributed by atoms with E-state index in [0.717, 1.165) is 0 Å². The first-order valence-electron chi connectivity index (χ1n) is 5.19. The fourth-order valence-corrected chi connectivity index (χ4v) is 1.86. The van der Waals surface area contributed by atoms with Crippen LogP contribution in [0, 0.1) is 5.82 Å². The van der Waals surface area contributed by atoms with E-state index in [4.69, 9.17) is 29.6 Å². The lowest BCUT2D eigenvalue weighted by Gasteiger charge is -2.09. The number of rotatable bonds is 3. The number of anilines is 2. The molecular formula is C13H10ClFN2S. The molecule has 18 heavy (non-hydrogen) atoms. The van der Waals surface area contributed by atoms with Crippen LogP contribution in [0.3, 0.4) is 0 Å². The van der Waals surface area contributed by atoms with Crippen LogP contribution in [0.4, 0.5) is 15.8 Å². The van der Waals surface area contributed by atoms with Crippen LogP contribution in [-0.2, 0) is 0 Å². The standard InChI is InChI=1S/C13H10ClFN2S/c14-10-3-1-2-4-12(10)17-8-5-6-9(13(16)18)11(15)7-8/h1-7,17H,(H2,16,18). The van der Waals surface area contributed by atoms with Gasteiger partial charge in [0.15, 0.2) is 0 Å². The van der Waals surface area contributed by atoms with E-state index in [1.165, 1.54) is 12.1 Å². The fourth-order valence-electron chi connectivity index (χ4n) is 1.51. The second-order valence-electron chi connectivity index (χ2n) is 3.66. The zero-order valence-electron chi connectivity index (χ0n) is 9.28. The Morgan fingerprint density at radius 1 is 1.22 bits per heavy atom. The molecule has 0 amide bonds. The van der Waals surface area contributed by atoms with Gasteiger partial charge in [-0.3, -0.25) is 0 Å². The Labute approximate surface area is 115 Å². The summed E-state index contributed by atoms with van der Waals surface area (Å²) in [5.41, 5.74) is 6.92. The maximum absolute atomic E-state index is 13.7. The number of hydrogen-bond acceptors (Lipinski definition) is 2. The van der Waals surface area contributed by atoms with E-state index >= 15 is 0 Å². The first-order chi connectivity index (χ1) is 8.58. The first-order valence-corrected chi connectivity index (χ1v) is 5.97. The summed E-state index contributed by atoms with van der Waals surface area (Å²) in [4.78, 5) is 0.0387. The second-order valence-corrected chi connectivity index (χ2v) is 4.51. The number of halogens is 2. The summed E-state index contributed by atoms with van der Waals surface area (Å²) in [7, 11) is 0. The van der Waals surface area contributed by atoms with E-state index < -0.39 is 5.82 Å². The van der Waals surface area contributed by atoms with Crippen molar-refractivity contribution in [3.63, 3.8) is 0 Å². The van der Waals surface area contributed by atoms with E-state index in [0.29, 0.717) is 16.4 Å². The largest absolute Gasteiger partial charge is 0.389 e. The van der Waals surface area contributed by atoms with Crippen LogP contribution in [0.15, 0.2) is 42.5 Å². The maximum atomic E-state index is 13.7. The Bertz CT molecular complexity index is 601. The van der Waals surface area contributed by atoms with Crippen LogP contribution < -0.4 is 11.1 Å². The third kappa shape index (κ3) is 2.78. The number of para-hydroxylation sites is 1. The molecule has 2 aromatic rings. The highest BCUT2D eigenvalue weighted by Crippen LogP contribution is 2.25. The predicted molar refractivity (Wildman–Crippen MR) is 77.0 cm³/mol. The third-order valence-corrected chi connectivity index (χ3v) is 2.94. The molecule has 0 aromatic heterocycles. The van der Waals surface area contributed by atoms with E-state index in [1.54, 1.807) is 12.1 Å². The van der Waals surface area contributed by atoms with Gasteiger partial charge < -0.3 is 11.1 Å². The second kappa shape index (κ2) is 5.33. The zero-order valence-corrected chi connectivity index (χ0v) is 10.9. The molecule has 0 saturated carbocycles. The number of nitrogens with two attached hydrogens (primary N) is 1. The lowest BCUT2D eigenvalue weighted by Crippen LogP contribution is -2.11. The van der Waals surface area contributed by atoms with Crippen LogP contribution in [0.1, 0.15) is 5.56 Å². The molecule has 0 unspecified atom stereocenters. The molecule has 5 heteroatoms. The van der Waals surface area contributed by atoms with Gasteiger partial charge in [0.2, 0.25) is 0 Å². The molecule has 0 aliphatic heterocycles. The van der Waals surface area contributed by atoms with Gasteiger partial charge in [-0.2, -0.15) is 0 Å². The SMILES string of the molecule is NC(=S)c1ccc(Nc2ccccc2Cl)cc1F. The van der Waals surface area contributed by atoms with Crippen molar-refractivity contribution >= 4 is 40.2 Å². The summed E-state index contributed by atoms with van der Waals surface area (Å²) >= 11 is 10.7. The van der Waals surface area contributed by atoms with E-state index in [9.17, 15) is 4.39 Å². The highest BCUT2D eigenvalue weighted by molar-refractivity contribution is 7.80. The molecule has 0 radical (unpaired) electrons. The molecule has 0 aliphatic carbocycles. The lowest BCUT2D eigenvalue weighted by molar-refractivity contribution is 0.626. The minimum absolute atomic E-state index is 0.0387. The normalized spacial score (nSPS) is 10.1. The molecule has 0 spiro atoms. The van der Waals surface area contributed by atoms with Crippen molar-refractivity contribution in [2.75, 3.05) is 5.32 Å². The molecule has 0 atom stereocenters. The van der Waals surface area contributed by atoms with Crippen molar-refractivity contribution in [2.45, 2.75) is 0 Å². The summed E-state index contributed by atoms with van der Waals surface area (Å²) in [6.07, 6.45) is 0. The van der Waals surface area contributed by atoms with Gasteiger partial charge in [-0.05, 0) is 30.3 Å². The molecule has 2 aromatic carbocycles. The van der Waals surface area contributed by atoms with E-state index in [2.05, 4.69) is 5.32 Å². The highest BCUT2D eigenvalue weighted by atomic mass is 35.5. The minimum atomic E-state index is -0.459. The minimum Gasteiger partial charge on any atom is -0.389 e. The number of hydrogen-bond donors (Lipinski definition) is 2. The third-order valence-electron chi connectivity index (χ3n) is 2.39. The van der Waals surface area contributed by atoms with Crippen LogP contribution in [0.5, 0.6) is 0 Å². The molecule has 0 bridgehead atoms. The van der Waals surface area contributed by atoms with Gasteiger partial charge in [-0.25, -0.2) is 4.39 Å². The van der Waals surface area contributed by atoms with E-state index in [1.807, 2.05) is 18.2 Å². The molecule has 0 heterocycles. The summed E-state index contributed by atoms with van der Waals surface area (Å²) in [5.74, 6) is -0.459. The summed E-state index contributed by atoms with van der Waals surface area (Å²) in [6, 6.07) is 11.8. The Hall–Kier alpha value is -1.65. The zero-order chi connectivity index (χ0) is 13.1. The molecule has 0 saturated heterocycles. The number of nitrogens with one attached hydrogen (secondary N) is 1. The fraction of sp³-hybridized carbons (Fsp3) is 0. The molecular weight excluding hydrogens is 271 g/mol. The van der Waals surface area contributed by atoms with Crippen molar-refractivity contribution in [1.82, 2.24) is 0 Å². The van der Waals surface area contributed by atoms with Crippen molar-refractivity contribution in [3.05, 3.63) is 58.9 Å². The molecule has 0 aliphatic rings. The van der Waals surface area contributed by atoms with Gasteiger partial charge in [0.05, 0.1) is 10.7 Å². The number of benzene rings is 2. The van der Waals surface area contributed by atoms with Crippen LogP contribution in [-0.4, -0.2) is 4.99 Å². The summed E-state index contributed by atoms with van der Waals surface area (Å²) < 4.78 is 13.7. The smallest absolute Gasteiger partial charge is 0.135 e. The van der Waals surface area contributed by atoms with Gasteiger partial charge >= 0.3 is 0 Å². The average molecular weight is 281 g/mol. The molecule has 0 fully saturated rings. The summed E-state index contributed by atoms with van der Waals surface area (Å²) in [5, 5.41) is 3.59. The first kappa shape index (κ1) is 12.8. The van der Waals surface area contributed by atoms with Crippen LogP contribution >= 0.6 is 23.8 Å². The number of thiocarbonyl (C=S) groups is 1. The Kier molecular flexibility index (Phi) is 3.79. The van der Waals surface area contributed by atoms with Gasteiger partial charge in [0.25, 0.3) is 0 Å². The van der Waals surface area contributed by atoms with Crippen LogP contribution in [0.2, 0.25) is 5.02 Å². The van der Waals surface area contributed by atoms with Gasteiger partial charge in [0, 0.05) is 11.3 Å². The predicted octanol–water partition coefficient (Wildman–Crippen LogP) is 3.86. The van der Waals surface area contributed by atoms with Crippen LogP contribution in [0.25, 0.3) is 0 Å². The Balaban J connectivity index is 2.29. The highest BCUT2D eigenvalue weighted by Gasteiger charge is 2.06. The quantitative estimate of drug-likeness (QED) is 0.839. The average Bonchev–Trinajstić information content (AvgIpc) is 2.32. The molecule has 2 rings (SSSR count). The molecule has 92 valence electrons. The van der Waals surface area contributed by atoms with Crippen molar-refractivity contribution < 1.29 is 4.39 Å². The topological polar surface area (TPSA) is 38.0 Å². The Morgan fingerprint density at radius 2 is 1.94 bits per heavy atom. The van der Waals surface area contributed by atoms with Crippen molar-refractivity contribution in [2.24, 2.45) is 5.73 Å². The molecule has 3 N–H and O–H groups in total. The lowest BCUT2D eigenvalue weighted by atomic mass is 10.2. The Morgan fingerprint density at radius 3 is 2.56 bits per heavy atom.